The van der Waals surface area contributed by atoms with Crippen molar-refractivity contribution in [2.24, 2.45) is 0 Å². The van der Waals surface area contributed by atoms with E-state index in [1.807, 2.05) is 30.3 Å². The smallest absolute Gasteiger partial charge is 0.306 e. The minimum Gasteiger partial charge on any atom is -0.383 e. The van der Waals surface area contributed by atoms with Crippen molar-refractivity contribution in [1.82, 2.24) is 4.90 Å². The summed E-state index contributed by atoms with van der Waals surface area (Å²) in [6, 6.07) is 17.1. The fraction of sp³-hybridized carbons (Fsp3) is 0.263. The molecule has 2 aromatic rings. The molecule has 1 aliphatic rings. The highest BCUT2D eigenvalue weighted by Crippen LogP contribution is 2.25. The molecule has 1 saturated heterocycles. The lowest BCUT2D eigenvalue weighted by Gasteiger charge is -2.32. The summed E-state index contributed by atoms with van der Waals surface area (Å²) < 4.78 is 33.0. The fourth-order valence-electron chi connectivity index (χ4n) is 2.67. The molecule has 0 saturated carbocycles. The van der Waals surface area contributed by atoms with E-state index in [-0.39, 0.29) is 6.10 Å². The lowest BCUT2D eigenvalue weighted by atomic mass is 10.1. The van der Waals surface area contributed by atoms with Crippen LogP contribution < -0.4 is 4.18 Å². The summed E-state index contributed by atoms with van der Waals surface area (Å²) in [6.45, 7) is 2.23. The average Bonchev–Trinajstić information content (AvgIpc) is 2.60. The van der Waals surface area contributed by atoms with Crippen LogP contribution in [0.5, 0.6) is 5.75 Å². The lowest BCUT2D eigenvalue weighted by molar-refractivity contribution is -0.0135. The van der Waals surface area contributed by atoms with Crippen LogP contribution in [0.3, 0.4) is 0 Å². The zero-order valence-corrected chi connectivity index (χ0v) is 14.9. The third-order valence-corrected chi connectivity index (χ3v) is 4.37. The second-order valence-corrected chi connectivity index (χ2v) is 7.51. The summed E-state index contributed by atoms with van der Waals surface area (Å²) in [7, 11) is -3.51. The van der Waals surface area contributed by atoms with Gasteiger partial charge in [0, 0.05) is 13.1 Å². The minimum atomic E-state index is -3.51. The molecule has 0 spiro atoms. The van der Waals surface area contributed by atoms with E-state index < -0.39 is 10.1 Å². The van der Waals surface area contributed by atoms with E-state index in [1.54, 1.807) is 12.1 Å². The van der Waals surface area contributed by atoms with Gasteiger partial charge in [0.1, 0.15) is 5.75 Å². The Labute approximate surface area is 148 Å². The van der Waals surface area contributed by atoms with Crippen LogP contribution in [0, 0.1) is 0 Å². The average molecular weight is 359 g/mol. The Hall–Kier alpha value is -2.31. The van der Waals surface area contributed by atoms with Crippen LogP contribution in [-0.4, -0.2) is 39.3 Å². The molecular weight excluding hydrogens is 338 g/mol. The zero-order valence-electron chi connectivity index (χ0n) is 14.0. The van der Waals surface area contributed by atoms with E-state index in [4.69, 9.17) is 8.92 Å². The van der Waals surface area contributed by atoms with E-state index >= 15 is 0 Å². The van der Waals surface area contributed by atoms with Crippen LogP contribution in [-0.2, 0) is 14.9 Å². The number of rotatable bonds is 5. The van der Waals surface area contributed by atoms with Gasteiger partial charge in [0.2, 0.25) is 0 Å². The topological polar surface area (TPSA) is 55.8 Å². The molecule has 2 aromatic carbocycles. The third-order valence-electron chi connectivity index (χ3n) is 3.87. The molecule has 0 radical (unpaired) electrons. The predicted octanol–water partition coefficient (Wildman–Crippen LogP) is 3.07. The van der Waals surface area contributed by atoms with Crippen molar-refractivity contribution < 1.29 is 17.3 Å². The normalized spacial score (nSPS) is 18.4. The predicted molar refractivity (Wildman–Crippen MR) is 97.7 cm³/mol. The van der Waals surface area contributed by atoms with Gasteiger partial charge in [0.05, 0.1) is 19.0 Å². The SMILES string of the molecule is CS(=O)(=O)Oc1ccc([C@@H]2CN(C=Cc3ccccc3)CCO2)cc1. The number of hydrogen-bond donors (Lipinski definition) is 0. The van der Waals surface area contributed by atoms with Crippen molar-refractivity contribution in [2.75, 3.05) is 26.0 Å². The summed E-state index contributed by atoms with van der Waals surface area (Å²) in [5, 5.41) is 0. The first-order valence-corrected chi connectivity index (χ1v) is 9.89. The standard InChI is InChI=1S/C19H21NO4S/c1-25(21,22)24-18-9-7-17(8-10-18)19-15-20(13-14-23-19)12-11-16-5-3-2-4-6-16/h2-12,19H,13-15H2,1H3/t19-/m0/s1. The van der Waals surface area contributed by atoms with Gasteiger partial charge in [-0.1, -0.05) is 42.5 Å². The van der Waals surface area contributed by atoms with Gasteiger partial charge in [-0.05, 0) is 35.5 Å². The molecule has 0 aromatic heterocycles. The van der Waals surface area contributed by atoms with Crippen molar-refractivity contribution in [3.05, 3.63) is 71.9 Å². The second kappa shape index (κ2) is 7.72. The van der Waals surface area contributed by atoms with Crippen molar-refractivity contribution in [1.29, 1.82) is 0 Å². The van der Waals surface area contributed by atoms with E-state index in [9.17, 15) is 8.42 Å². The maximum Gasteiger partial charge on any atom is 0.306 e. The van der Waals surface area contributed by atoms with Crippen LogP contribution >= 0.6 is 0 Å². The minimum absolute atomic E-state index is 0.0542. The summed E-state index contributed by atoms with van der Waals surface area (Å²) in [6.07, 6.45) is 5.15. The maximum absolute atomic E-state index is 11.2. The highest BCUT2D eigenvalue weighted by atomic mass is 32.2. The van der Waals surface area contributed by atoms with Crippen molar-refractivity contribution >= 4 is 16.2 Å². The Morgan fingerprint density at radius 1 is 1.12 bits per heavy atom. The molecule has 5 nitrogen and oxygen atoms in total. The van der Waals surface area contributed by atoms with Crippen LogP contribution in [0.15, 0.2) is 60.8 Å². The first-order valence-electron chi connectivity index (χ1n) is 8.08. The molecule has 0 aliphatic carbocycles. The Kier molecular flexibility index (Phi) is 5.40. The van der Waals surface area contributed by atoms with Gasteiger partial charge in [-0.2, -0.15) is 8.42 Å². The van der Waals surface area contributed by atoms with Gasteiger partial charge in [0.25, 0.3) is 0 Å². The number of hydrogen-bond acceptors (Lipinski definition) is 5. The molecule has 132 valence electrons. The van der Waals surface area contributed by atoms with Gasteiger partial charge in [0.15, 0.2) is 0 Å². The molecule has 1 heterocycles. The molecule has 0 N–H and O–H groups in total. The number of morpholine rings is 1. The quantitative estimate of drug-likeness (QED) is 0.768. The zero-order chi connectivity index (χ0) is 17.7. The molecular formula is C19H21NO4S. The van der Waals surface area contributed by atoms with Crippen LogP contribution in [0.1, 0.15) is 17.2 Å². The van der Waals surface area contributed by atoms with Crippen molar-refractivity contribution in [3.8, 4) is 5.75 Å². The molecule has 25 heavy (non-hydrogen) atoms. The first kappa shape index (κ1) is 17.5. The summed E-state index contributed by atoms with van der Waals surface area (Å²) in [5.74, 6) is 0.308. The summed E-state index contributed by atoms with van der Waals surface area (Å²) >= 11 is 0. The van der Waals surface area contributed by atoms with Crippen LogP contribution in [0.2, 0.25) is 0 Å². The second-order valence-electron chi connectivity index (χ2n) is 5.94. The molecule has 1 aliphatic heterocycles. The highest BCUT2D eigenvalue weighted by molar-refractivity contribution is 7.86. The van der Waals surface area contributed by atoms with Gasteiger partial charge in [-0.3, -0.25) is 0 Å². The number of benzene rings is 2. The van der Waals surface area contributed by atoms with Gasteiger partial charge in [-0.25, -0.2) is 0 Å². The largest absolute Gasteiger partial charge is 0.383 e. The monoisotopic (exact) mass is 359 g/mol. The van der Waals surface area contributed by atoms with Gasteiger partial charge in [-0.15, -0.1) is 0 Å². The van der Waals surface area contributed by atoms with E-state index in [0.717, 1.165) is 30.5 Å². The Morgan fingerprint density at radius 2 is 1.84 bits per heavy atom. The fourth-order valence-corrected chi connectivity index (χ4v) is 3.14. The van der Waals surface area contributed by atoms with Crippen molar-refractivity contribution in [2.45, 2.75) is 6.10 Å². The van der Waals surface area contributed by atoms with Crippen LogP contribution in [0.4, 0.5) is 0 Å². The first-order chi connectivity index (χ1) is 12.0. The number of nitrogens with zero attached hydrogens (tertiary/aromatic N) is 1. The number of ether oxygens (including phenoxy) is 1. The molecule has 1 fully saturated rings. The molecule has 3 rings (SSSR count). The van der Waals surface area contributed by atoms with Crippen molar-refractivity contribution in [3.63, 3.8) is 0 Å². The third kappa shape index (κ3) is 5.34. The molecule has 6 heteroatoms. The highest BCUT2D eigenvalue weighted by Gasteiger charge is 2.20. The maximum atomic E-state index is 11.2. The molecule has 1 atom stereocenters. The Morgan fingerprint density at radius 3 is 2.52 bits per heavy atom. The molecule has 0 amide bonds. The van der Waals surface area contributed by atoms with Gasteiger partial charge < -0.3 is 13.8 Å². The molecule has 0 bridgehead atoms. The van der Waals surface area contributed by atoms with Gasteiger partial charge >= 0.3 is 10.1 Å². The van der Waals surface area contributed by atoms with E-state index in [1.165, 1.54) is 0 Å². The Bertz CT molecular complexity index is 816. The van der Waals surface area contributed by atoms with E-state index in [0.29, 0.717) is 12.4 Å². The lowest BCUT2D eigenvalue weighted by Crippen LogP contribution is -2.34. The van der Waals surface area contributed by atoms with E-state index in [2.05, 4.69) is 29.3 Å². The van der Waals surface area contributed by atoms with Crippen LogP contribution in [0.25, 0.3) is 6.08 Å². The molecule has 0 unspecified atom stereocenters. The summed E-state index contributed by atoms with van der Waals surface area (Å²) in [4.78, 5) is 2.22. The Balaban J connectivity index is 1.64. The summed E-state index contributed by atoms with van der Waals surface area (Å²) in [5.41, 5.74) is 2.16.